The van der Waals surface area contributed by atoms with Crippen LogP contribution < -0.4 is 5.32 Å². The Labute approximate surface area is 155 Å². The summed E-state index contributed by atoms with van der Waals surface area (Å²) >= 11 is 0. The third-order valence-electron chi connectivity index (χ3n) is 6.52. The molecule has 2 saturated carbocycles. The summed E-state index contributed by atoms with van der Waals surface area (Å²) in [7, 11) is 1.94. The molecule has 0 radical (unpaired) electrons. The number of aryl methyl sites for hydroxylation is 2. The van der Waals surface area contributed by atoms with Gasteiger partial charge in [-0.15, -0.1) is 0 Å². The zero-order valence-electron chi connectivity index (χ0n) is 15.9. The van der Waals surface area contributed by atoms with Crippen molar-refractivity contribution in [3.8, 4) is 0 Å². The summed E-state index contributed by atoms with van der Waals surface area (Å²) in [6, 6.07) is 7.21. The first-order valence-corrected chi connectivity index (χ1v) is 9.71. The molecule has 1 aromatic carbocycles. The molecule has 26 heavy (non-hydrogen) atoms. The third kappa shape index (κ3) is 2.97. The molecule has 0 atom stereocenters. The second-order valence-electron chi connectivity index (χ2n) is 8.46. The Morgan fingerprint density at radius 3 is 2.65 bits per heavy atom. The molecule has 1 spiro atoms. The van der Waals surface area contributed by atoms with Gasteiger partial charge in [0, 0.05) is 19.0 Å². The molecule has 2 aliphatic carbocycles. The number of alkyl carbamates (subject to hydrolysis) is 1. The van der Waals surface area contributed by atoms with Crippen molar-refractivity contribution in [2.24, 2.45) is 5.92 Å². The fourth-order valence-corrected chi connectivity index (χ4v) is 4.75. The number of amides is 2. The zero-order valence-corrected chi connectivity index (χ0v) is 15.9. The van der Waals surface area contributed by atoms with Crippen LogP contribution >= 0.6 is 0 Å². The maximum Gasteiger partial charge on any atom is 0.407 e. The lowest BCUT2D eigenvalue weighted by molar-refractivity contribution is -0.143. The third-order valence-corrected chi connectivity index (χ3v) is 6.52. The van der Waals surface area contributed by atoms with Crippen LogP contribution in [0.15, 0.2) is 18.2 Å². The van der Waals surface area contributed by atoms with Crippen LogP contribution in [0, 0.1) is 12.8 Å². The van der Waals surface area contributed by atoms with Crippen LogP contribution in [0.5, 0.6) is 0 Å². The van der Waals surface area contributed by atoms with E-state index in [1.807, 2.05) is 11.9 Å². The summed E-state index contributed by atoms with van der Waals surface area (Å²) in [4.78, 5) is 25.9. The lowest BCUT2D eigenvalue weighted by atomic mass is 9.67. The summed E-state index contributed by atoms with van der Waals surface area (Å²) in [6.45, 7) is 4.75. The minimum atomic E-state index is -0.351. The highest BCUT2D eigenvalue weighted by atomic mass is 16.6. The number of benzene rings is 1. The van der Waals surface area contributed by atoms with E-state index in [0.29, 0.717) is 31.4 Å². The van der Waals surface area contributed by atoms with Crippen LogP contribution in [0.25, 0.3) is 0 Å². The Balaban J connectivity index is 1.31. The highest BCUT2D eigenvalue weighted by Crippen LogP contribution is 2.44. The van der Waals surface area contributed by atoms with E-state index in [1.165, 1.54) is 16.7 Å². The van der Waals surface area contributed by atoms with Crippen LogP contribution in [0.2, 0.25) is 0 Å². The van der Waals surface area contributed by atoms with Gasteiger partial charge in [0.2, 0.25) is 5.91 Å². The monoisotopic (exact) mass is 356 g/mol. The summed E-state index contributed by atoms with van der Waals surface area (Å²) in [6.07, 6.45) is 4.22. The van der Waals surface area contributed by atoms with Gasteiger partial charge < -0.3 is 15.0 Å². The number of carbonyl (C=O) groups is 2. The molecule has 0 aromatic heterocycles. The van der Waals surface area contributed by atoms with Crippen molar-refractivity contribution in [2.75, 3.05) is 13.7 Å². The molecule has 140 valence electrons. The molecule has 1 aliphatic heterocycles. The number of rotatable bonds is 4. The lowest BCUT2D eigenvalue weighted by Gasteiger charge is -2.47. The first kappa shape index (κ1) is 17.4. The maximum atomic E-state index is 12.8. The minimum Gasteiger partial charge on any atom is -0.447 e. The minimum absolute atomic E-state index is 0.0201. The van der Waals surface area contributed by atoms with Crippen LogP contribution in [0.4, 0.5) is 4.79 Å². The number of carbonyl (C=O) groups excluding carboxylic acids is 2. The van der Waals surface area contributed by atoms with E-state index in [0.717, 1.165) is 19.3 Å². The highest BCUT2D eigenvalue weighted by Gasteiger charge is 2.53. The maximum absolute atomic E-state index is 12.8. The second-order valence-corrected chi connectivity index (χ2v) is 8.46. The molecular formula is C21H28N2O3. The molecule has 1 N–H and O–H groups in total. The SMILES string of the molecule is CCc1cc(C)cc([C@H]2C[C@@H](N(C)C(=O)[C@H]3C[C@]4(COC(=O)N4)C3)C2)c1. The van der Waals surface area contributed by atoms with Gasteiger partial charge in [-0.25, -0.2) is 4.79 Å². The van der Waals surface area contributed by atoms with Gasteiger partial charge in [-0.1, -0.05) is 30.7 Å². The molecule has 1 saturated heterocycles. The van der Waals surface area contributed by atoms with Crippen molar-refractivity contribution < 1.29 is 14.3 Å². The van der Waals surface area contributed by atoms with Gasteiger partial charge in [-0.3, -0.25) is 4.79 Å². The topological polar surface area (TPSA) is 58.6 Å². The number of nitrogens with zero attached hydrogens (tertiary/aromatic N) is 1. The Morgan fingerprint density at radius 2 is 2.04 bits per heavy atom. The predicted octanol–water partition coefficient (Wildman–Crippen LogP) is 3.15. The van der Waals surface area contributed by atoms with Crippen molar-refractivity contribution in [1.29, 1.82) is 0 Å². The van der Waals surface area contributed by atoms with Gasteiger partial charge in [0.05, 0.1) is 5.54 Å². The molecule has 2 amide bonds. The van der Waals surface area contributed by atoms with Crippen molar-refractivity contribution >= 4 is 12.0 Å². The molecule has 3 aliphatic rings. The summed E-state index contributed by atoms with van der Waals surface area (Å²) in [5.41, 5.74) is 3.87. The molecule has 1 heterocycles. The molecular weight excluding hydrogens is 328 g/mol. The summed E-state index contributed by atoms with van der Waals surface area (Å²) < 4.78 is 5.00. The van der Waals surface area contributed by atoms with E-state index in [1.54, 1.807) is 0 Å². The van der Waals surface area contributed by atoms with E-state index >= 15 is 0 Å². The van der Waals surface area contributed by atoms with Crippen LogP contribution in [-0.4, -0.2) is 42.1 Å². The van der Waals surface area contributed by atoms with Crippen LogP contribution in [-0.2, 0) is 16.0 Å². The van der Waals surface area contributed by atoms with Crippen LogP contribution in [0.1, 0.15) is 55.2 Å². The smallest absolute Gasteiger partial charge is 0.407 e. The Kier molecular flexibility index (Phi) is 4.20. The first-order valence-electron chi connectivity index (χ1n) is 9.71. The number of cyclic esters (lactones) is 1. The van der Waals surface area contributed by atoms with Crippen molar-refractivity contribution in [3.05, 3.63) is 34.9 Å². The molecule has 0 bridgehead atoms. The van der Waals surface area contributed by atoms with Gasteiger partial charge in [-0.2, -0.15) is 0 Å². The largest absolute Gasteiger partial charge is 0.447 e. The fourth-order valence-electron chi connectivity index (χ4n) is 4.75. The molecule has 3 fully saturated rings. The van der Waals surface area contributed by atoms with Gasteiger partial charge in [0.25, 0.3) is 0 Å². The first-order chi connectivity index (χ1) is 12.4. The predicted molar refractivity (Wildman–Crippen MR) is 99.0 cm³/mol. The van der Waals surface area contributed by atoms with Crippen molar-refractivity contribution in [1.82, 2.24) is 10.2 Å². The van der Waals surface area contributed by atoms with Crippen molar-refractivity contribution in [3.63, 3.8) is 0 Å². The normalized spacial score (nSPS) is 32.4. The van der Waals surface area contributed by atoms with Gasteiger partial charge in [0.1, 0.15) is 6.61 Å². The zero-order chi connectivity index (χ0) is 18.5. The average Bonchev–Trinajstić information content (AvgIpc) is 2.93. The van der Waals surface area contributed by atoms with E-state index in [4.69, 9.17) is 4.74 Å². The molecule has 5 heteroatoms. The Hall–Kier alpha value is -2.04. The standard InChI is InChI=1S/C21H28N2O3/c1-4-14-5-13(2)6-15(7-14)16-8-18(9-16)23(3)19(24)17-10-21(11-17)12-26-20(25)22-21/h5-7,16-18H,4,8-12H2,1-3H3,(H,22,25)/t16-,17-,18+,21+. The summed E-state index contributed by atoms with van der Waals surface area (Å²) in [5, 5.41) is 2.86. The molecule has 5 nitrogen and oxygen atoms in total. The Bertz CT molecular complexity index is 733. The quantitative estimate of drug-likeness (QED) is 0.902. The second kappa shape index (κ2) is 6.29. The fraction of sp³-hybridized carbons (Fsp3) is 0.619. The van der Waals surface area contributed by atoms with E-state index in [9.17, 15) is 9.59 Å². The van der Waals surface area contributed by atoms with E-state index in [-0.39, 0.29) is 23.5 Å². The van der Waals surface area contributed by atoms with Gasteiger partial charge >= 0.3 is 6.09 Å². The number of nitrogens with one attached hydrogen (secondary N) is 1. The molecule has 0 unspecified atom stereocenters. The van der Waals surface area contributed by atoms with E-state index in [2.05, 4.69) is 37.4 Å². The summed E-state index contributed by atoms with van der Waals surface area (Å²) in [5.74, 6) is 0.807. The number of hydrogen-bond donors (Lipinski definition) is 1. The van der Waals surface area contributed by atoms with Gasteiger partial charge in [0.15, 0.2) is 0 Å². The average molecular weight is 356 g/mol. The molecule has 4 rings (SSSR count). The number of ether oxygens (including phenoxy) is 1. The highest BCUT2D eigenvalue weighted by molar-refractivity contribution is 5.81. The van der Waals surface area contributed by atoms with E-state index < -0.39 is 0 Å². The van der Waals surface area contributed by atoms with Gasteiger partial charge in [-0.05, 0) is 56.1 Å². The van der Waals surface area contributed by atoms with Crippen molar-refractivity contribution in [2.45, 2.75) is 63.5 Å². The lowest BCUT2D eigenvalue weighted by Crippen LogP contribution is -2.59. The molecule has 1 aromatic rings. The number of hydrogen-bond acceptors (Lipinski definition) is 3. The Morgan fingerprint density at radius 1 is 1.31 bits per heavy atom. The van der Waals surface area contributed by atoms with Crippen LogP contribution in [0.3, 0.4) is 0 Å².